The van der Waals surface area contributed by atoms with Crippen molar-refractivity contribution in [3.05, 3.63) is 5.69 Å². The highest BCUT2D eigenvalue weighted by Gasteiger charge is 2.20. The molecule has 0 fully saturated rings. The van der Waals surface area contributed by atoms with Gasteiger partial charge < -0.3 is 10.6 Å². The van der Waals surface area contributed by atoms with Gasteiger partial charge in [-0.2, -0.15) is 5.10 Å². The largest absolute Gasteiger partial charge is 0.394 e. The Labute approximate surface area is 105 Å². The lowest BCUT2D eigenvalue weighted by atomic mass is 10.2. The zero-order valence-corrected chi connectivity index (χ0v) is 11.8. The van der Waals surface area contributed by atoms with Crippen LogP contribution >= 0.6 is 0 Å². The first-order valence-electron chi connectivity index (χ1n) is 6.64. The molecule has 0 bridgehead atoms. The highest BCUT2D eigenvalue weighted by molar-refractivity contribution is 5.66. The Kier molecular flexibility index (Phi) is 4.85. The average Bonchev–Trinajstić information content (AvgIpc) is 2.58. The summed E-state index contributed by atoms with van der Waals surface area (Å²) in [5.41, 5.74) is 8.13. The van der Waals surface area contributed by atoms with Crippen LogP contribution in [0.3, 0.4) is 0 Å². The highest BCUT2D eigenvalue weighted by atomic mass is 15.4. The van der Waals surface area contributed by atoms with Crippen LogP contribution in [-0.2, 0) is 13.5 Å². The van der Waals surface area contributed by atoms with E-state index in [1.807, 2.05) is 11.7 Å². The molecule has 0 spiro atoms. The van der Waals surface area contributed by atoms with Crippen molar-refractivity contribution < 1.29 is 0 Å². The normalized spacial score (nSPS) is 12.8. The molecule has 4 heteroatoms. The number of anilines is 2. The predicted octanol–water partition coefficient (Wildman–Crippen LogP) is 2.58. The van der Waals surface area contributed by atoms with Gasteiger partial charge in [-0.3, -0.25) is 4.68 Å². The highest BCUT2D eigenvalue weighted by Crippen LogP contribution is 2.28. The fraction of sp³-hybridized carbons (Fsp3) is 0.769. The van der Waals surface area contributed by atoms with Crippen LogP contribution in [0.5, 0.6) is 0 Å². The third-order valence-corrected chi connectivity index (χ3v) is 3.35. The standard InChI is InChI=1S/C13H26N4/c1-6-9-11-12(14)13(16(5)15-11)17(8-3)10(4)7-2/h10H,6-9,14H2,1-5H3. The summed E-state index contributed by atoms with van der Waals surface area (Å²) in [7, 11) is 1.98. The minimum atomic E-state index is 0.493. The van der Waals surface area contributed by atoms with Gasteiger partial charge >= 0.3 is 0 Å². The summed E-state index contributed by atoms with van der Waals surface area (Å²) in [5.74, 6) is 1.07. The van der Waals surface area contributed by atoms with Gasteiger partial charge in [0.2, 0.25) is 0 Å². The van der Waals surface area contributed by atoms with Crippen LogP contribution in [0.25, 0.3) is 0 Å². The summed E-state index contributed by atoms with van der Waals surface area (Å²) in [5, 5.41) is 4.54. The fourth-order valence-electron chi connectivity index (χ4n) is 2.24. The Morgan fingerprint density at radius 2 is 2.00 bits per heavy atom. The van der Waals surface area contributed by atoms with Crippen molar-refractivity contribution in [3.8, 4) is 0 Å². The molecular formula is C13H26N4. The number of nitrogens with zero attached hydrogens (tertiary/aromatic N) is 3. The first-order valence-corrected chi connectivity index (χ1v) is 6.64. The van der Waals surface area contributed by atoms with Crippen LogP contribution in [0.2, 0.25) is 0 Å². The molecule has 0 aliphatic heterocycles. The first kappa shape index (κ1) is 13.9. The summed E-state index contributed by atoms with van der Waals surface area (Å²) in [6, 6.07) is 0.493. The number of nitrogens with two attached hydrogens (primary N) is 1. The number of rotatable bonds is 6. The van der Waals surface area contributed by atoms with E-state index in [4.69, 9.17) is 5.73 Å². The molecule has 4 nitrogen and oxygen atoms in total. The molecule has 1 aromatic rings. The first-order chi connectivity index (χ1) is 8.06. The summed E-state index contributed by atoms with van der Waals surface area (Å²) in [4.78, 5) is 2.33. The lowest BCUT2D eigenvalue weighted by Gasteiger charge is -2.29. The number of aryl methyl sites for hydroxylation is 2. The second-order valence-corrected chi connectivity index (χ2v) is 4.60. The van der Waals surface area contributed by atoms with E-state index >= 15 is 0 Å². The van der Waals surface area contributed by atoms with Crippen molar-refractivity contribution in [2.45, 2.75) is 53.0 Å². The van der Waals surface area contributed by atoms with Crippen molar-refractivity contribution in [3.63, 3.8) is 0 Å². The Morgan fingerprint density at radius 1 is 1.35 bits per heavy atom. The lowest BCUT2D eigenvalue weighted by Crippen LogP contribution is -2.34. The van der Waals surface area contributed by atoms with Crippen LogP contribution in [0.1, 0.15) is 46.2 Å². The van der Waals surface area contributed by atoms with E-state index in [0.29, 0.717) is 6.04 Å². The van der Waals surface area contributed by atoms with Gasteiger partial charge in [-0.05, 0) is 26.7 Å². The maximum Gasteiger partial charge on any atom is 0.150 e. The maximum absolute atomic E-state index is 6.23. The Hall–Kier alpha value is -1.19. The van der Waals surface area contributed by atoms with Gasteiger partial charge in [0.25, 0.3) is 0 Å². The molecule has 0 aliphatic carbocycles. The second-order valence-electron chi connectivity index (χ2n) is 4.60. The van der Waals surface area contributed by atoms with Crippen LogP contribution in [0, 0.1) is 0 Å². The molecule has 0 saturated carbocycles. The maximum atomic E-state index is 6.23. The monoisotopic (exact) mass is 238 g/mol. The molecule has 0 aliphatic rings. The van der Waals surface area contributed by atoms with E-state index in [1.54, 1.807) is 0 Å². The molecule has 1 unspecified atom stereocenters. The molecular weight excluding hydrogens is 212 g/mol. The molecule has 0 saturated heterocycles. The van der Waals surface area contributed by atoms with Crippen molar-refractivity contribution >= 4 is 11.5 Å². The van der Waals surface area contributed by atoms with Crippen molar-refractivity contribution in [1.82, 2.24) is 9.78 Å². The van der Waals surface area contributed by atoms with Crippen LogP contribution in [0.4, 0.5) is 11.5 Å². The molecule has 1 atom stereocenters. The van der Waals surface area contributed by atoms with Gasteiger partial charge in [0, 0.05) is 19.6 Å². The van der Waals surface area contributed by atoms with Gasteiger partial charge in [0.05, 0.1) is 11.4 Å². The molecule has 1 aromatic heterocycles. The summed E-state index contributed by atoms with van der Waals surface area (Å²) in [6.45, 7) is 9.71. The topological polar surface area (TPSA) is 47.1 Å². The molecule has 1 rings (SSSR count). The Bertz CT molecular complexity index is 357. The number of aromatic nitrogens is 2. The van der Waals surface area contributed by atoms with Gasteiger partial charge in [0.15, 0.2) is 5.82 Å². The summed E-state index contributed by atoms with van der Waals surface area (Å²) >= 11 is 0. The Morgan fingerprint density at radius 3 is 2.47 bits per heavy atom. The van der Waals surface area contributed by atoms with E-state index in [1.165, 1.54) is 0 Å². The van der Waals surface area contributed by atoms with Crippen LogP contribution in [0.15, 0.2) is 0 Å². The second kappa shape index (κ2) is 5.94. The van der Waals surface area contributed by atoms with Crippen molar-refractivity contribution in [2.24, 2.45) is 7.05 Å². The zero-order chi connectivity index (χ0) is 13.0. The SMILES string of the molecule is CCCc1nn(C)c(N(CC)C(C)CC)c1N. The van der Waals surface area contributed by atoms with Crippen LogP contribution < -0.4 is 10.6 Å². The summed E-state index contributed by atoms with van der Waals surface area (Å²) < 4.78 is 1.93. The van der Waals surface area contributed by atoms with Gasteiger partial charge in [-0.25, -0.2) is 0 Å². The third-order valence-electron chi connectivity index (χ3n) is 3.35. The van der Waals surface area contributed by atoms with Crippen molar-refractivity contribution in [1.29, 1.82) is 0 Å². The van der Waals surface area contributed by atoms with Gasteiger partial charge in [-0.1, -0.05) is 20.3 Å². The third kappa shape index (κ3) is 2.73. The van der Waals surface area contributed by atoms with E-state index in [9.17, 15) is 0 Å². The molecule has 98 valence electrons. The molecule has 0 amide bonds. The molecule has 0 aromatic carbocycles. The Balaban J connectivity index is 3.10. The summed E-state index contributed by atoms with van der Waals surface area (Å²) in [6.07, 6.45) is 3.15. The predicted molar refractivity (Wildman–Crippen MR) is 74.4 cm³/mol. The number of hydrogen-bond donors (Lipinski definition) is 1. The minimum Gasteiger partial charge on any atom is -0.394 e. The van der Waals surface area contributed by atoms with Gasteiger partial charge in [-0.15, -0.1) is 0 Å². The zero-order valence-electron chi connectivity index (χ0n) is 11.8. The van der Waals surface area contributed by atoms with E-state index in [-0.39, 0.29) is 0 Å². The number of nitrogen functional groups attached to an aromatic ring is 1. The van der Waals surface area contributed by atoms with E-state index in [0.717, 1.165) is 43.0 Å². The molecule has 1 heterocycles. The minimum absolute atomic E-state index is 0.493. The quantitative estimate of drug-likeness (QED) is 0.828. The van der Waals surface area contributed by atoms with E-state index in [2.05, 4.69) is 37.7 Å². The average molecular weight is 238 g/mol. The van der Waals surface area contributed by atoms with E-state index < -0.39 is 0 Å². The lowest BCUT2D eigenvalue weighted by molar-refractivity contribution is 0.600. The fourth-order valence-corrected chi connectivity index (χ4v) is 2.24. The smallest absolute Gasteiger partial charge is 0.150 e. The molecule has 2 N–H and O–H groups in total. The molecule has 17 heavy (non-hydrogen) atoms. The molecule has 0 radical (unpaired) electrons. The number of hydrogen-bond acceptors (Lipinski definition) is 3. The van der Waals surface area contributed by atoms with Gasteiger partial charge in [0.1, 0.15) is 0 Å². The van der Waals surface area contributed by atoms with Crippen LogP contribution in [-0.4, -0.2) is 22.4 Å². The van der Waals surface area contributed by atoms with Crippen molar-refractivity contribution in [2.75, 3.05) is 17.2 Å².